The number of hydrogen-bond donors (Lipinski definition) is 0. The first-order valence-electron chi connectivity index (χ1n) is 5.64. The third-order valence-electron chi connectivity index (χ3n) is 2.80. The Morgan fingerprint density at radius 2 is 2.19 bits per heavy atom. The van der Waals surface area contributed by atoms with Crippen LogP contribution in [-0.4, -0.2) is 17.5 Å². The molecule has 0 N–H and O–H groups in total. The molecule has 0 aliphatic heterocycles. The molecule has 1 radical (unpaired) electrons. The van der Waals surface area contributed by atoms with E-state index in [2.05, 4.69) is 6.42 Å². The van der Waals surface area contributed by atoms with E-state index in [-0.39, 0.29) is 6.04 Å². The molecule has 3 heteroatoms. The Balaban J connectivity index is 1.85. The van der Waals surface area contributed by atoms with Gasteiger partial charge in [0.25, 0.3) is 0 Å². The first-order chi connectivity index (χ1) is 7.90. The number of hydrogen-bond acceptors (Lipinski definition) is 2. The summed E-state index contributed by atoms with van der Waals surface area (Å²) >= 11 is 0. The van der Waals surface area contributed by atoms with Crippen molar-refractivity contribution < 1.29 is 9.63 Å². The molecule has 1 aliphatic rings. The quantitative estimate of drug-likeness (QED) is 0.560. The molecule has 1 aromatic rings. The Morgan fingerprint density at radius 3 is 2.81 bits per heavy atom. The van der Waals surface area contributed by atoms with Crippen LogP contribution in [0.4, 0.5) is 0 Å². The van der Waals surface area contributed by atoms with Crippen LogP contribution >= 0.6 is 0 Å². The van der Waals surface area contributed by atoms with Crippen molar-refractivity contribution >= 4 is 6.41 Å². The molecular weight excluding hydrogens is 202 g/mol. The molecule has 1 unspecified atom stereocenters. The predicted octanol–water partition coefficient (Wildman–Crippen LogP) is 2.33. The molecule has 3 nitrogen and oxygen atoms in total. The van der Waals surface area contributed by atoms with Crippen LogP contribution in [0.3, 0.4) is 0 Å². The van der Waals surface area contributed by atoms with Crippen molar-refractivity contribution in [3.63, 3.8) is 0 Å². The van der Waals surface area contributed by atoms with Crippen molar-refractivity contribution in [1.29, 1.82) is 0 Å². The maximum absolute atomic E-state index is 10.9. The summed E-state index contributed by atoms with van der Waals surface area (Å²) in [5.41, 5.74) is 1.08. The highest BCUT2D eigenvalue weighted by Crippen LogP contribution is 2.22. The van der Waals surface area contributed by atoms with E-state index in [9.17, 15) is 4.79 Å². The minimum Gasteiger partial charge on any atom is -0.276 e. The summed E-state index contributed by atoms with van der Waals surface area (Å²) in [5, 5.41) is 1.43. The summed E-state index contributed by atoms with van der Waals surface area (Å²) in [6.45, 7) is 0.448. The molecule has 1 saturated carbocycles. The second kappa shape index (κ2) is 5.66. The van der Waals surface area contributed by atoms with E-state index in [1.807, 2.05) is 30.3 Å². The minimum atomic E-state index is 0.154. The lowest BCUT2D eigenvalue weighted by molar-refractivity contribution is -0.187. The molecule has 0 bridgehead atoms. The lowest BCUT2D eigenvalue weighted by Gasteiger charge is -2.23. The largest absolute Gasteiger partial charge is 0.276 e. The van der Waals surface area contributed by atoms with E-state index in [0.717, 1.165) is 31.2 Å². The van der Waals surface area contributed by atoms with Gasteiger partial charge in [0.2, 0.25) is 6.41 Å². The summed E-state index contributed by atoms with van der Waals surface area (Å²) < 4.78 is 0. The van der Waals surface area contributed by atoms with Gasteiger partial charge in [-0.2, -0.15) is 0 Å². The maximum Gasteiger partial charge on any atom is 0.233 e. The van der Waals surface area contributed by atoms with E-state index in [4.69, 9.17) is 4.84 Å². The van der Waals surface area contributed by atoms with Crippen LogP contribution < -0.4 is 0 Å². The van der Waals surface area contributed by atoms with Gasteiger partial charge in [-0.15, -0.1) is 0 Å². The third-order valence-corrected chi connectivity index (χ3v) is 2.80. The summed E-state index contributed by atoms with van der Waals surface area (Å²) in [6, 6.07) is 10.0. The van der Waals surface area contributed by atoms with Crippen molar-refractivity contribution in [1.82, 2.24) is 5.06 Å². The molecule has 2 rings (SSSR count). The lowest BCUT2D eigenvalue weighted by atomic mass is 10.2. The number of hydroxylamine groups is 2. The van der Waals surface area contributed by atoms with Gasteiger partial charge in [0.1, 0.15) is 6.61 Å². The normalized spacial score (nSPS) is 16.2. The van der Waals surface area contributed by atoms with E-state index >= 15 is 0 Å². The van der Waals surface area contributed by atoms with Crippen molar-refractivity contribution in [3.05, 3.63) is 42.3 Å². The number of carbonyl (C=O) groups is 1. The smallest absolute Gasteiger partial charge is 0.233 e. The topological polar surface area (TPSA) is 29.5 Å². The van der Waals surface area contributed by atoms with E-state index < -0.39 is 0 Å². The molecule has 1 fully saturated rings. The minimum absolute atomic E-state index is 0.154. The van der Waals surface area contributed by atoms with Gasteiger partial charge in [0.05, 0.1) is 6.04 Å². The van der Waals surface area contributed by atoms with E-state index in [1.54, 1.807) is 0 Å². The standard InChI is InChI=1S/C13H16NO2/c15-11-14(13-8-4-5-9-13)16-10-12-6-2-1-3-7-12/h1-3,6-8,11,13H,4-5,9-10H2. The van der Waals surface area contributed by atoms with Gasteiger partial charge in [-0.1, -0.05) is 36.8 Å². The Morgan fingerprint density at radius 1 is 1.38 bits per heavy atom. The fraction of sp³-hybridized carbons (Fsp3) is 0.385. The number of amides is 1. The number of benzene rings is 1. The first kappa shape index (κ1) is 11.1. The Labute approximate surface area is 96.0 Å². The highest BCUT2D eigenvalue weighted by molar-refractivity contribution is 5.46. The van der Waals surface area contributed by atoms with Crippen molar-refractivity contribution in [2.24, 2.45) is 0 Å². The highest BCUT2D eigenvalue weighted by Gasteiger charge is 2.22. The molecular formula is C13H16NO2. The average Bonchev–Trinajstić information content (AvgIpc) is 2.85. The monoisotopic (exact) mass is 218 g/mol. The van der Waals surface area contributed by atoms with Gasteiger partial charge in [-0.3, -0.25) is 9.63 Å². The molecule has 0 aromatic heterocycles. The summed E-state index contributed by atoms with van der Waals surface area (Å²) in [4.78, 5) is 16.4. The van der Waals surface area contributed by atoms with Gasteiger partial charge in [0.15, 0.2) is 0 Å². The van der Waals surface area contributed by atoms with Gasteiger partial charge in [-0.25, -0.2) is 5.06 Å². The van der Waals surface area contributed by atoms with Crippen molar-refractivity contribution in [3.8, 4) is 0 Å². The molecule has 1 amide bonds. The third kappa shape index (κ3) is 2.83. The van der Waals surface area contributed by atoms with Crippen LogP contribution in [0, 0.1) is 6.42 Å². The van der Waals surface area contributed by atoms with Crippen LogP contribution in [0.2, 0.25) is 0 Å². The summed E-state index contributed by atoms with van der Waals surface area (Å²) in [7, 11) is 0. The Hall–Kier alpha value is -1.35. The van der Waals surface area contributed by atoms with Crippen LogP contribution in [0.25, 0.3) is 0 Å². The first-order valence-corrected chi connectivity index (χ1v) is 5.64. The highest BCUT2D eigenvalue weighted by atomic mass is 16.7. The lowest BCUT2D eigenvalue weighted by Crippen LogP contribution is -2.32. The number of nitrogens with zero attached hydrogens (tertiary/aromatic N) is 1. The zero-order chi connectivity index (χ0) is 11.2. The molecule has 1 aromatic carbocycles. The second-order valence-electron chi connectivity index (χ2n) is 3.96. The Bertz CT molecular complexity index is 320. The van der Waals surface area contributed by atoms with Gasteiger partial charge in [-0.05, 0) is 24.8 Å². The molecule has 0 saturated heterocycles. The molecule has 85 valence electrons. The van der Waals surface area contributed by atoms with E-state index in [0.29, 0.717) is 6.61 Å². The Kier molecular flexibility index (Phi) is 3.94. The molecule has 0 heterocycles. The van der Waals surface area contributed by atoms with Crippen molar-refractivity contribution in [2.75, 3.05) is 0 Å². The molecule has 0 spiro atoms. The second-order valence-corrected chi connectivity index (χ2v) is 3.96. The van der Waals surface area contributed by atoms with Crippen LogP contribution in [0.5, 0.6) is 0 Å². The predicted molar refractivity (Wildman–Crippen MR) is 61.1 cm³/mol. The van der Waals surface area contributed by atoms with Gasteiger partial charge in [0, 0.05) is 0 Å². The fourth-order valence-corrected chi connectivity index (χ4v) is 1.91. The van der Waals surface area contributed by atoms with E-state index in [1.165, 1.54) is 5.06 Å². The van der Waals surface area contributed by atoms with Gasteiger partial charge < -0.3 is 0 Å². The van der Waals surface area contributed by atoms with Crippen molar-refractivity contribution in [2.45, 2.75) is 31.9 Å². The van der Waals surface area contributed by atoms with Gasteiger partial charge >= 0.3 is 0 Å². The summed E-state index contributed by atoms with van der Waals surface area (Å²) in [5.74, 6) is 0. The molecule has 1 aliphatic carbocycles. The number of carbonyl (C=O) groups excluding carboxylic acids is 1. The van der Waals surface area contributed by atoms with Crippen LogP contribution in [-0.2, 0) is 16.2 Å². The fourth-order valence-electron chi connectivity index (χ4n) is 1.91. The SMILES string of the molecule is O=CN(OCc1ccccc1)C1[CH]CCC1. The number of rotatable bonds is 5. The molecule has 1 atom stereocenters. The molecule has 16 heavy (non-hydrogen) atoms. The maximum atomic E-state index is 10.9. The zero-order valence-corrected chi connectivity index (χ0v) is 9.21. The average molecular weight is 218 g/mol. The van der Waals surface area contributed by atoms with Crippen LogP contribution in [0.1, 0.15) is 24.8 Å². The summed E-state index contributed by atoms with van der Waals surface area (Å²) in [6.07, 6.45) is 6.13. The van der Waals surface area contributed by atoms with Crippen LogP contribution in [0.15, 0.2) is 30.3 Å². The zero-order valence-electron chi connectivity index (χ0n) is 9.21.